The SMILES string of the molecule is CCCCCCCCCCCCCCCCCCCCCC/C=C/C(O)C(COP(=O)(O)OCC[N+](C)(C)C)NC(=O)CCCCCCCCCCCCCCCCCCCCCCCCCCCCCCCCCCCC. The van der Waals surface area contributed by atoms with Gasteiger partial charge in [-0.15, -0.1) is 0 Å². The zero-order valence-electron chi connectivity index (χ0n) is 53.5. The molecule has 3 N–H and O–H groups in total. The average Bonchev–Trinajstić information content (AvgIpc) is 3.41. The van der Waals surface area contributed by atoms with Crippen LogP contribution in [0.5, 0.6) is 0 Å². The maximum absolute atomic E-state index is 13.0. The number of amides is 1. The smallest absolute Gasteiger partial charge is 0.387 e. The van der Waals surface area contributed by atoms with Crippen molar-refractivity contribution < 1.29 is 32.9 Å². The predicted octanol–water partition coefficient (Wildman–Crippen LogP) is 22.1. The molecule has 0 fully saturated rings. The number of hydrogen-bond acceptors (Lipinski definition) is 5. The van der Waals surface area contributed by atoms with Crippen molar-refractivity contribution in [2.75, 3.05) is 40.9 Å². The van der Waals surface area contributed by atoms with Crippen LogP contribution >= 0.6 is 7.82 Å². The topological polar surface area (TPSA) is 105 Å². The molecular formula is C69H140N2O6P+. The van der Waals surface area contributed by atoms with Gasteiger partial charge in [0, 0.05) is 6.42 Å². The lowest BCUT2D eigenvalue weighted by Crippen LogP contribution is -2.45. The van der Waals surface area contributed by atoms with Gasteiger partial charge >= 0.3 is 7.82 Å². The van der Waals surface area contributed by atoms with Crippen LogP contribution in [0.1, 0.15) is 373 Å². The number of nitrogens with one attached hydrogen (secondary N) is 1. The molecule has 0 aliphatic carbocycles. The first-order chi connectivity index (χ1) is 38.0. The van der Waals surface area contributed by atoms with Crippen molar-refractivity contribution >= 4 is 13.7 Å². The van der Waals surface area contributed by atoms with Crippen molar-refractivity contribution in [3.05, 3.63) is 12.2 Å². The van der Waals surface area contributed by atoms with Crippen molar-refractivity contribution in [1.29, 1.82) is 0 Å². The number of aliphatic hydroxyl groups is 1. The second kappa shape index (κ2) is 60.8. The third-order valence-corrected chi connectivity index (χ3v) is 17.5. The molecule has 0 radical (unpaired) electrons. The zero-order chi connectivity index (χ0) is 57.0. The van der Waals surface area contributed by atoms with Crippen LogP contribution < -0.4 is 5.32 Å². The van der Waals surface area contributed by atoms with E-state index in [0.29, 0.717) is 17.4 Å². The summed E-state index contributed by atoms with van der Waals surface area (Å²) in [6.07, 6.45) is 77.9. The van der Waals surface area contributed by atoms with Crippen LogP contribution in [0.15, 0.2) is 12.2 Å². The number of rotatable bonds is 66. The van der Waals surface area contributed by atoms with Gasteiger partial charge in [0.25, 0.3) is 0 Å². The highest BCUT2D eigenvalue weighted by Gasteiger charge is 2.28. The number of hydrogen-bond donors (Lipinski definition) is 3. The molecule has 0 aliphatic heterocycles. The van der Waals surface area contributed by atoms with Gasteiger partial charge in [-0.3, -0.25) is 13.8 Å². The van der Waals surface area contributed by atoms with Crippen LogP contribution in [0.25, 0.3) is 0 Å². The van der Waals surface area contributed by atoms with Gasteiger partial charge in [0.15, 0.2) is 0 Å². The predicted molar refractivity (Wildman–Crippen MR) is 342 cm³/mol. The van der Waals surface area contributed by atoms with E-state index in [1.165, 1.54) is 321 Å². The Hall–Kier alpha value is -0.760. The molecule has 78 heavy (non-hydrogen) atoms. The Balaban J connectivity index is 3.98. The molecular weight excluding hydrogens is 984 g/mol. The number of phosphoric acid groups is 1. The number of carbonyl (C=O) groups is 1. The minimum atomic E-state index is -4.35. The summed E-state index contributed by atoms with van der Waals surface area (Å²) >= 11 is 0. The molecule has 3 atom stereocenters. The van der Waals surface area contributed by atoms with Gasteiger partial charge in [-0.05, 0) is 19.3 Å². The fourth-order valence-corrected chi connectivity index (χ4v) is 11.8. The number of unbranched alkanes of at least 4 members (excludes halogenated alkanes) is 53. The van der Waals surface area contributed by atoms with Crippen LogP contribution in [0.3, 0.4) is 0 Å². The zero-order valence-corrected chi connectivity index (χ0v) is 54.3. The molecule has 8 nitrogen and oxygen atoms in total. The number of nitrogens with zero attached hydrogens (tertiary/aromatic N) is 1. The molecule has 0 heterocycles. The first-order valence-electron chi connectivity index (χ1n) is 35.1. The largest absolute Gasteiger partial charge is 0.472 e. The highest BCUT2D eigenvalue weighted by Crippen LogP contribution is 2.43. The van der Waals surface area contributed by atoms with Gasteiger partial charge in [-0.25, -0.2) is 4.57 Å². The quantitative estimate of drug-likeness (QED) is 0.0243. The van der Waals surface area contributed by atoms with Crippen molar-refractivity contribution in [2.45, 2.75) is 386 Å². The van der Waals surface area contributed by atoms with Crippen molar-refractivity contribution in [3.8, 4) is 0 Å². The molecule has 0 saturated heterocycles. The summed E-state index contributed by atoms with van der Waals surface area (Å²) in [7, 11) is 1.60. The Morgan fingerprint density at radius 1 is 0.423 bits per heavy atom. The molecule has 466 valence electrons. The van der Waals surface area contributed by atoms with E-state index in [-0.39, 0.29) is 19.1 Å². The van der Waals surface area contributed by atoms with Gasteiger partial charge in [0.05, 0.1) is 39.9 Å². The fraction of sp³-hybridized carbons (Fsp3) is 0.957. The number of quaternary nitrogens is 1. The van der Waals surface area contributed by atoms with E-state index in [1.54, 1.807) is 6.08 Å². The van der Waals surface area contributed by atoms with E-state index < -0.39 is 20.0 Å². The second-order valence-electron chi connectivity index (χ2n) is 25.6. The standard InChI is InChI=1S/C69H139N2O6P/c1-6-8-10-12-14-16-18-20-22-24-26-28-30-31-32-33-34-35-36-37-38-39-40-41-43-45-47-49-51-53-55-57-59-61-63-69(73)70-67(66-77-78(74,75)76-65-64-71(3,4)5)68(72)62-60-58-56-54-52-50-48-46-44-42-29-27-25-23-21-19-17-15-13-11-9-7-2/h60,62,67-68,72H,6-59,61,63-66H2,1-5H3,(H-,70,73,74,75)/p+1/b62-60+. The molecule has 0 spiro atoms. The third kappa shape index (κ3) is 62.8. The highest BCUT2D eigenvalue weighted by molar-refractivity contribution is 7.47. The molecule has 0 aliphatic rings. The third-order valence-electron chi connectivity index (χ3n) is 16.5. The molecule has 0 rings (SSSR count). The van der Waals surface area contributed by atoms with E-state index in [1.807, 2.05) is 27.2 Å². The van der Waals surface area contributed by atoms with Gasteiger partial charge < -0.3 is 19.8 Å². The van der Waals surface area contributed by atoms with E-state index in [4.69, 9.17) is 9.05 Å². The Labute approximate surface area is 488 Å². The molecule has 0 aromatic heterocycles. The molecule has 0 aromatic rings. The monoisotopic (exact) mass is 1120 g/mol. The average molecular weight is 1120 g/mol. The first kappa shape index (κ1) is 77.2. The summed E-state index contributed by atoms with van der Waals surface area (Å²) in [4.78, 5) is 23.4. The van der Waals surface area contributed by atoms with Gasteiger partial charge in [0.1, 0.15) is 13.2 Å². The lowest BCUT2D eigenvalue weighted by molar-refractivity contribution is -0.870. The number of likely N-dealkylation sites (N-methyl/N-ethyl adjacent to an activating group) is 1. The summed E-state index contributed by atoms with van der Waals surface area (Å²) in [6, 6.07) is -0.843. The van der Waals surface area contributed by atoms with Crippen molar-refractivity contribution in [2.24, 2.45) is 0 Å². The van der Waals surface area contributed by atoms with Crippen LogP contribution in [0, 0.1) is 0 Å². The maximum atomic E-state index is 13.0. The Bertz CT molecular complexity index is 1280. The van der Waals surface area contributed by atoms with Gasteiger partial charge in [-0.2, -0.15) is 0 Å². The number of phosphoric ester groups is 1. The van der Waals surface area contributed by atoms with E-state index in [9.17, 15) is 19.4 Å². The molecule has 9 heteroatoms. The van der Waals surface area contributed by atoms with Crippen LogP contribution in [0.2, 0.25) is 0 Å². The minimum absolute atomic E-state index is 0.0655. The molecule has 0 saturated carbocycles. The lowest BCUT2D eigenvalue weighted by atomic mass is 10.0. The Morgan fingerprint density at radius 2 is 0.679 bits per heavy atom. The number of carbonyl (C=O) groups excluding carboxylic acids is 1. The second-order valence-corrected chi connectivity index (χ2v) is 27.1. The summed E-state index contributed by atoms with van der Waals surface area (Å²) in [6.45, 7) is 4.89. The van der Waals surface area contributed by atoms with Crippen LogP contribution in [0.4, 0.5) is 0 Å². The van der Waals surface area contributed by atoms with E-state index in [2.05, 4.69) is 19.2 Å². The molecule has 0 bridgehead atoms. The van der Waals surface area contributed by atoms with Gasteiger partial charge in [-0.1, -0.05) is 360 Å². The summed E-state index contributed by atoms with van der Waals surface area (Å²) < 4.78 is 23.8. The fourth-order valence-electron chi connectivity index (χ4n) is 11.0. The lowest BCUT2D eigenvalue weighted by Gasteiger charge is -2.25. The molecule has 0 aromatic carbocycles. The highest BCUT2D eigenvalue weighted by atomic mass is 31.2. The first-order valence-corrected chi connectivity index (χ1v) is 36.6. The van der Waals surface area contributed by atoms with Crippen molar-refractivity contribution in [1.82, 2.24) is 5.32 Å². The molecule has 3 unspecified atom stereocenters. The Morgan fingerprint density at radius 3 is 0.949 bits per heavy atom. The van der Waals surface area contributed by atoms with Crippen LogP contribution in [-0.4, -0.2) is 73.4 Å². The normalized spacial score (nSPS) is 13.7. The molecule has 1 amide bonds. The van der Waals surface area contributed by atoms with E-state index >= 15 is 0 Å². The van der Waals surface area contributed by atoms with E-state index in [0.717, 1.165) is 32.1 Å². The number of allylic oxidation sites excluding steroid dienone is 1. The van der Waals surface area contributed by atoms with Gasteiger partial charge in [0.2, 0.25) is 5.91 Å². The number of aliphatic hydroxyl groups excluding tert-OH is 1. The minimum Gasteiger partial charge on any atom is -0.387 e. The summed E-state index contributed by atoms with van der Waals surface area (Å²) in [5.41, 5.74) is 0. The Kier molecular flexibility index (Phi) is 60.2. The van der Waals surface area contributed by atoms with Crippen molar-refractivity contribution in [3.63, 3.8) is 0 Å². The summed E-state index contributed by atoms with van der Waals surface area (Å²) in [5, 5.41) is 14.0. The summed E-state index contributed by atoms with van der Waals surface area (Å²) in [5.74, 6) is -0.167. The van der Waals surface area contributed by atoms with Crippen LogP contribution in [-0.2, 0) is 18.4 Å². The maximum Gasteiger partial charge on any atom is 0.472 e.